The molecule has 0 aliphatic rings. The van der Waals surface area contributed by atoms with Crippen molar-refractivity contribution in [3.8, 4) is 0 Å². The fraction of sp³-hybridized carbons (Fsp3) is 0.333. The van der Waals surface area contributed by atoms with E-state index in [1.165, 1.54) is 0 Å². The number of rotatable bonds is 3. The molecule has 2 aromatic rings. The molecule has 0 N–H and O–H groups in total. The fourth-order valence-corrected chi connectivity index (χ4v) is 1.14. The lowest BCUT2D eigenvalue weighted by Crippen LogP contribution is -1.98. The molecule has 0 saturated carbocycles. The van der Waals surface area contributed by atoms with E-state index >= 15 is 0 Å². The zero-order valence-corrected chi connectivity index (χ0v) is 7.47. The van der Waals surface area contributed by atoms with E-state index < -0.39 is 0 Å². The van der Waals surface area contributed by atoms with Gasteiger partial charge in [-0.3, -0.25) is 0 Å². The summed E-state index contributed by atoms with van der Waals surface area (Å²) in [7, 11) is 0. The quantitative estimate of drug-likeness (QED) is 0.713. The molecule has 0 fully saturated rings. The van der Waals surface area contributed by atoms with Crippen molar-refractivity contribution in [1.29, 1.82) is 0 Å². The highest BCUT2D eigenvalue weighted by molar-refractivity contribution is 4.95. The molecule has 0 amide bonds. The number of hydrogen-bond donors (Lipinski definition) is 0. The average molecular weight is 177 g/mol. The summed E-state index contributed by atoms with van der Waals surface area (Å²) in [5, 5.41) is 3.85. The lowest BCUT2D eigenvalue weighted by Gasteiger charge is -1.94. The van der Waals surface area contributed by atoms with E-state index in [4.69, 9.17) is 4.52 Å². The van der Waals surface area contributed by atoms with Crippen molar-refractivity contribution < 1.29 is 4.52 Å². The van der Waals surface area contributed by atoms with Gasteiger partial charge in [0.15, 0.2) is 5.82 Å². The molecule has 0 unspecified atom stereocenters. The molecule has 0 atom stereocenters. The maximum Gasteiger partial charge on any atom is 0.226 e. The molecule has 2 aromatic heterocycles. The van der Waals surface area contributed by atoms with Gasteiger partial charge in [-0.15, -0.1) is 0 Å². The average Bonchev–Trinajstić information content (AvgIpc) is 2.76. The second kappa shape index (κ2) is 3.43. The molecule has 0 saturated heterocycles. The Balaban J connectivity index is 2.10. The van der Waals surface area contributed by atoms with Crippen LogP contribution < -0.4 is 0 Å². The van der Waals surface area contributed by atoms with Crippen LogP contribution in [0, 0.1) is 0 Å². The van der Waals surface area contributed by atoms with Gasteiger partial charge < -0.3 is 9.09 Å². The molecular formula is C9H11N3O. The molecule has 13 heavy (non-hydrogen) atoms. The van der Waals surface area contributed by atoms with E-state index in [2.05, 4.69) is 10.1 Å². The van der Waals surface area contributed by atoms with Crippen molar-refractivity contribution in [2.45, 2.75) is 19.9 Å². The van der Waals surface area contributed by atoms with E-state index in [0.717, 1.165) is 12.2 Å². The van der Waals surface area contributed by atoms with Crippen LogP contribution in [0.4, 0.5) is 0 Å². The Morgan fingerprint density at radius 1 is 1.38 bits per heavy atom. The smallest absolute Gasteiger partial charge is 0.226 e. The van der Waals surface area contributed by atoms with E-state index in [1.807, 2.05) is 36.0 Å². The van der Waals surface area contributed by atoms with Gasteiger partial charge in [0, 0.05) is 18.8 Å². The topological polar surface area (TPSA) is 43.9 Å². The summed E-state index contributed by atoms with van der Waals surface area (Å²) in [6.45, 7) is 2.67. The van der Waals surface area contributed by atoms with Crippen LogP contribution in [0.3, 0.4) is 0 Å². The van der Waals surface area contributed by atoms with Gasteiger partial charge in [0.2, 0.25) is 5.89 Å². The Kier molecular flexibility index (Phi) is 2.12. The first kappa shape index (κ1) is 8.04. The van der Waals surface area contributed by atoms with Crippen LogP contribution in [-0.4, -0.2) is 14.7 Å². The van der Waals surface area contributed by atoms with Crippen molar-refractivity contribution in [2.24, 2.45) is 0 Å². The van der Waals surface area contributed by atoms with Gasteiger partial charge in [0.25, 0.3) is 0 Å². The molecule has 2 rings (SSSR count). The highest BCUT2D eigenvalue weighted by Crippen LogP contribution is 2.00. The Labute approximate surface area is 76.2 Å². The van der Waals surface area contributed by atoms with Gasteiger partial charge in [-0.1, -0.05) is 12.1 Å². The lowest BCUT2D eigenvalue weighted by atomic mass is 10.5. The fourth-order valence-electron chi connectivity index (χ4n) is 1.14. The third-order valence-electron chi connectivity index (χ3n) is 1.80. The van der Waals surface area contributed by atoms with Crippen LogP contribution in [0.25, 0.3) is 0 Å². The predicted octanol–water partition coefficient (Wildman–Crippen LogP) is 1.48. The first-order chi connectivity index (χ1) is 6.38. The second-order valence-corrected chi connectivity index (χ2v) is 2.81. The molecular weight excluding hydrogens is 166 g/mol. The molecule has 0 aromatic carbocycles. The predicted molar refractivity (Wildman–Crippen MR) is 47.2 cm³/mol. The van der Waals surface area contributed by atoms with Crippen molar-refractivity contribution in [3.05, 3.63) is 36.2 Å². The minimum atomic E-state index is 0.677. The Morgan fingerprint density at radius 3 is 2.77 bits per heavy atom. The summed E-state index contributed by atoms with van der Waals surface area (Å²) in [6, 6.07) is 3.95. The number of hydrogen-bond acceptors (Lipinski definition) is 3. The van der Waals surface area contributed by atoms with Crippen LogP contribution in [0.15, 0.2) is 29.0 Å². The molecule has 68 valence electrons. The second-order valence-electron chi connectivity index (χ2n) is 2.81. The van der Waals surface area contributed by atoms with Gasteiger partial charge in [0.1, 0.15) is 0 Å². The molecule has 4 heteroatoms. The Morgan fingerprint density at radius 2 is 2.15 bits per heavy atom. The van der Waals surface area contributed by atoms with Crippen LogP contribution in [-0.2, 0) is 13.0 Å². The Bertz CT molecular complexity index is 364. The molecule has 0 spiro atoms. The summed E-state index contributed by atoms with van der Waals surface area (Å²) >= 11 is 0. The van der Waals surface area contributed by atoms with Crippen molar-refractivity contribution in [2.75, 3.05) is 0 Å². The minimum absolute atomic E-state index is 0.677. The summed E-state index contributed by atoms with van der Waals surface area (Å²) in [4.78, 5) is 4.20. The van der Waals surface area contributed by atoms with Crippen LogP contribution in [0.2, 0.25) is 0 Å². The third kappa shape index (κ3) is 1.77. The zero-order chi connectivity index (χ0) is 9.10. The molecule has 0 radical (unpaired) electrons. The molecule has 0 aliphatic carbocycles. The number of aromatic nitrogens is 3. The summed E-state index contributed by atoms with van der Waals surface area (Å²) in [6.07, 6.45) is 4.74. The van der Waals surface area contributed by atoms with Gasteiger partial charge in [-0.25, -0.2) is 0 Å². The highest BCUT2D eigenvalue weighted by atomic mass is 16.5. The standard InChI is InChI=1S/C9H11N3O/c1-2-9-10-8(11-13-9)7-12-5-3-4-6-12/h3-6H,2,7H2,1H3. The molecule has 4 nitrogen and oxygen atoms in total. The maximum absolute atomic E-state index is 4.99. The van der Waals surface area contributed by atoms with Crippen LogP contribution in [0.1, 0.15) is 18.6 Å². The number of nitrogens with zero attached hydrogens (tertiary/aromatic N) is 3. The Hall–Kier alpha value is -1.58. The summed E-state index contributed by atoms with van der Waals surface area (Å²) in [5.41, 5.74) is 0. The summed E-state index contributed by atoms with van der Waals surface area (Å²) < 4.78 is 6.99. The maximum atomic E-state index is 4.99. The number of aryl methyl sites for hydroxylation is 1. The SMILES string of the molecule is CCc1nc(Cn2cccc2)no1. The lowest BCUT2D eigenvalue weighted by molar-refractivity contribution is 0.375. The van der Waals surface area contributed by atoms with Gasteiger partial charge in [-0.05, 0) is 12.1 Å². The molecule has 0 bridgehead atoms. The van der Waals surface area contributed by atoms with E-state index in [-0.39, 0.29) is 0 Å². The molecule has 0 aliphatic heterocycles. The monoisotopic (exact) mass is 177 g/mol. The normalized spacial score (nSPS) is 10.5. The van der Waals surface area contributed by atoms with Crippen LogP contribution >= 0.6 is 0 Å². The summed E-state index contributed by atoms with van der Waals surface area (Å²) in [5.74, 6) is 1.43. The van der Waals surface area contributed by atoms with E-state index in [9.17, 15) is 0 Å². The third-order valence-corrected chi connectivity index (χ3v) is 1.80. The van der Waals surface area contributed by atoms with Crippen LogP contribution in [0.5, 0.6) is 0 Å². The minimum Gasteiger partial charge on any atom is -0.347 e. The first-order valence-corrected chi connectivity index (χ1v) is 4.30. The van der Waals surface area contributed by atoms with Gasteiger partial charge >= 0.3 is 0 Å². The van der Waals surface area contributed by atoms with Crippen molar-refractivity contribution in [3.63, 3.8) is 0 Å². The van der Waals surface area contributed by atoms with E-state index in [0.29, 0.717) is 12.4 Å². The molecule has 2 heterocycles. The zero-order valence-electron chi connectivity index (χ0n) is 7.47. The van der Waals surface area contributed by atoms with Gasteiger partial charge in [-0.2, -0.15) is 4.98 Å². The highest BCUT2D eigenvalue weighted by Gasteiger charge is 2.03. The van der Waals surface area contributed by atoms with E-state index in [1.54, 1.807) is 0 Å². The van der Waals surface area contributed by atoms with Crippen molar-refractivity contribution in [1.82, 2.24) is 14.7 Å². The first-order valence-electron chi connectivity index (χ1n) is 4.30. The van der Waals surface area contributed by atoms with Gasteiger partial charge in [0.05, 0.1) is 6.54 Å². The van der Waals surface area contributed by atoms with Crippen molar-refractivity contribution >= 4 is 0 Å². The largest absolute Gasteiger partial charge is 0.347 e.